The normalized spacial score (nSPS) is 23.0. The Kier molecular flexibility index (Phi) is 5.12. The molecule has 0 spiro atoms. The molecule has 2 atom stereocenters. The highest BCUT2D eigenvalue weighted by Gasteiger charge is 2.47. The molecule has 0 radical (unpaired) electrons. The van der Waals surface area contributed by atoms with Crippen LogP contribution in [0.15, 0.2) is 54.6 Å². The van der Waals surface area contributed by atoms with Crippen molar-refractivity contribution in [1.29, 1.82) is 0 Å². The monoisotopic (exact) mass is 330 g/mol. The number of carbonyl (C=O) groups excluding carboxylic acids is 1. The molecular weight excluding hydrogens is 308 g/mol. The van der Waals surface area contributed by atoms with Gasteiger partial charge in [0.1, 0.15) is 6.04 Å². The van der Waals surface area contributed by atoms with Crippen LogP contribution in [0.2, 0.25) is 0 Å². The second-order valence-corrected chi connectivity index (χ2v) is 6.39. The van der Waals surface area contributed by atoms with Crippen molar-refractivity contribution in [3.8, 4) is 0 Å². The molecule has 2 aromatic carbocycles. The van der Waals surface area contributed by atoms with Crippen LogP contribution in [-0.2, 0) is 10.2 Å². The fourth-order valence-electron chi connectivity index (χ4n) is 3.86. The summed E-state index contributed by atoms with van der Waals surface area (Å²) in [6.07, 6.45) is 1.72. The summed E-state index contributed by atoms with van der Waals surface area (Å²) in [5, 5.41) is 0. The summed E-state index contributed by atoms with van der Waals surface area (Å²) < 4.78 is 0. The van der Waals surface area contributed by atoms with E-state index in [1.807, 2.05) is 36.4 Å². The van der Waals surface area contributed by atoms with E-state index < -0.39 is 5.41 Å². The highest BCUT2D eigenvalue weighted by Crippen LogP contribution is 2.45. The maximum Gasteiger partial charge on any atom is 0.232 e. The third kappa shape index (κ3) is 2.75. The molecule has 0 heterocycles. The second kappa shape index (κ2) is 6.73. The van der Waals surface area contributed by atoms with Crippen LogP contribution in [0.5, 0.6) is 0 Å². The Bertz CT molecular complexity index is 687. The Labute approximate surface area is 143 Å². The summed E-state index contributed by atoms with van der Waals surface area (Å²) in [5.74, 6) is -0.252. The van der Waals surface area contributed by atoms with Gasteiger partial charge in [-0.3, -0.25) is 4.79 Å². The van der Waals surface area contributed by atoms with Crippen molar-refractivity contribution >= 4 is 5.91 Å². The van der Waals surface area contributed by atoms with Crippen molar-refractivity contribution in [1.82, 2.24) is 0 Å². The lowest BCUT2D eigenvalue weighted by atomic mass is 9.64. The van der Waals surface area contributed by atoms with E-state index in [1.165, 1.54) is 10.5 Å². The van der Waals surface area contributed by atoms with Gasteiger partial charge in [-0.1, -0.05) is 54.6 Å². The zero-order valence-corrected chi connectivity index (χ0v) is 14.3. The first kappa shape index (κ1) is 17.5. The number of benzene rings is 2. The Balaban J connectivity index is 0.00000192. The van der Waals surface area contributed by atoms with E-state index in [9.17, 15) is 4.79 Å². The maximum atomic E-state index is 12.5. The number of rotatable bonds is 3. The van der Waals surface area contributed by atoms with Crippen molar-refractivity contribution in [3.05, 3.63) is 71.3 Å². The van der Waals surface area contributed by atoms with Gasteiger partial charge in [-0.2, -0.15) is 0 Å². The Morgan fingerprint density at radius 2 is 1.70 bits per heavy atom. The molecule has 1 aliphatic rings. The number of fused-ring (bicyclic) bond motifs is 1. The lowest BCUT2D eigenvalue weighted by Crippen LogP contribution is -3.06. The van der Waals surface area contributed by atoms with Crippen LogP contribution in [0, 0.1) is 0 Å². The molecule has 3 N–H and O–H groups in total. The van der Waals surface area contributed by atoms with Crippen LogP contribution in [-0.4, -0.2) is 20.0 Å². The smallest absolute Gasteiger partial charge is 0.232 e. The molecule has 3 rings (SSSR count). The van der Waals surface area contributed by atoms with Gasteiger partial charge in [0.25, 0.3) is 0 Å². The predicted octanol–water partition coefficient (Wildman–Crippen LogP) is -1.56. The minimum atomic E-state index is -0.705. The summed E-state index contributed by atoms with van der Waals surface area (Å²) in [6.45, 7) is 0. The van der Waals surface area contributed by atoms with Gasteiger partial charge in [0, 0.05) is 12.0 Å². The highest BCUT2D eigenvalue weighted by atomic mass is 35.5. The zero-order chi connectivity index (χ0) is 15.7. The van der Waals surface area contributed by atoms with Crippen molar-refractivity contribution in [3.63, 3.8) is 0 Å². The Morgan fingerprint density at radius 1 is 1.09 bits per heavy atom. The van der Waals surface area contributed by atoms with Gasteiger partial charge in [-0.05, 0) is 17.5 Å². The second-order valence-electron chi connectivity index (χ2n) is 6.39. The fourth-order valence-corrected chi connectivity index (χ4v) is 3.86. The molecule has 0 saturated carbocycles. The van der Waals surface area contributed by atoms with Crippen LogP contribution in [0.3, 0.4) is 0 Å². The maximum absolute atomic E-state index is 12.5. The molecule has 0 fully saturated rings. The molecule has 122 valence electrons. The van der Waals surface area contributed by atoms with Gasteiger partial charge in [0.05, 0.1) is 19.5 Å². The molecule has 1 amide bonds. The number of quaternary nitrogens is 1. The largest absolute Gasteiger partial charge is 1.00 e. The minimum absolute atomic E-state index is 0. The van der Waals surface area contributed by atoms with E-state index in [4.69, 9.17) is 5.73 Å². The third-order valence-electron chi connectivity index (χ3n) is 4.99. The van der Waals surface area contributed by atoms with Crippen molar-refractivity contribution in [2.24, 2.45) is 5.73 Å². The Morgan fingerprint density at radius 3 is 2.30 bits per heavy atom. The van der Waals surface area contributed by atoms with E-state index in [-0.39, 0.29) is 18.3 Å². The molecule has 0 saturated heterocycles. The summed E-state index contributed by atoms with van der Waals surface area (Å²) in [5.41, 5.74) is 8.54. The quantitative estimate of drug-likeness (QED) is 0.703. The minimum Gasteiger partial charge on any atom is -1.00 e. The van der Waals surface area contributed by atoms with Gasteiger partial charge in [0.15, 0.2) is 0 Å². The number of hydrogen-bond acceptors (Lipinski definition) is 1. The third-order valence-corrected chi connectivity index (χ3v) is 4.99. The van der Waals surface area contributed by atoms with Crippen LogP contribution in [0.4, 0.5) is 0 Å². The van der Waals surface area contributed by atoms with Crippen molar-refractivity contribution in [2.45, 2.75) is 24.3 Å². The van der Waals surface area contributed by atoms with Gasteiger partial charge in [-0.15, -0.1) is 0 Å². The molecule has 23 heavy (non-hydrogen) atoms. The summed E-state index contributed by atoms with van der Waals surface area (Å²) in [6, 6.07) is 18.7. The SMILES string of the molecule is C[NH+](C)C1CCC(C(N)=O)(c2ccccc2)c2ccccc21.[Cl-]. The van der Waals surface area contributed by atoms with Crippen LogP contribution >= 0.6 is 0 Å². The summed E-state index contributed by atoms with van der Waals surface area (Å²) in [7, 11) is 4.34. The van der Waals surface area contributed by atoms with Crippen LogP contribution < -0.4 is 23.0 Å². The predicted molar refractivity (Wildman–Crippen MR) is 87.6 cm³/mol. The van der Waals surface area contributed by atoms with Gasteiger partial charge >= 0.3 is 0 Å². The lowest BCUT2D eigenvalue weighted by Gasteiger charge is -2.40. The molecule has 3 nitrogen and oxygen atoms in total. The molecule has 2 aromatic rings. The Hall–Kier alpha value is -1.84. The van der Waals surface area contributed by atoms with Gasteiger partial charge in [0.2, 0.25) is 5.91 Å². The first-order chi connectivity index (χ1) is 10.6. The molecule has 0 aromatic heterocycles. The molecular formula is C19H23ClN2O. The fraction of sp³-hybridized carbons (Fsp3) is 0.316. The number of halogens is 1. The first-order valence-corrected chi connectivity index (χ1v) is 7.82. The van der Waals surface area contributed by atoms with Crippen LogP contribution in [0.25, 0.3) is 0 Å². The average molecular weight is 331 g/mol. The molecule has 2 unspecified atom stereocenters. The number of amides is 1. The van der Waals surface area contributed by atoms with E-state index in [0.717, 1.165) is 24.0 Å². The van der Waals surface area contributed by atoms with E-state index in [1.54, 1.807) is 0 Å². The van der Waals surface area contributed by atoms with Crippen LogP contribution in [0.1, 0.15) is 35.6 Å². The topological polar surface area (TPSA) is 47.5 Å². The molecule has 1 aliphatic carbocycles. The van der Waals surface area contributed by atoms with Crippen molar-refractivity contribution in [2.75, 3.05) is 14.1 Å². The van der Waals surface area contributed by atoms with Crippen molar-refractivity contribution < 1.29 is 22.1 Å². The van der Waals surface area contributed by atoms with E-state index >= 15 is 0 Å². The summed E-state index contributed by atoms with van der Waals surface area (Å²) in [4.78, 5) is 13.9. The summed E-state index contributed by atoms with van der Waals surface area (Å²) >= 11 is 0. The average Bonchev–Trinajstić information content (AvgIpc) is 2.54. The number of primary amides is 1. The van der Waals surface area contributed by atoms with E-state index in [0.29, 0.717) is 6.04 Å². The molecule has 0 aliphatic heterocycles. The van der Waals surface area contributed by atoms with Gasteiger partial charge < -0.3 is 23.0 Å². The number of nitrogens with two attached hydrogens (primary N) is 1. The molecule has 0 bridgehead atoms. The van der Waals surface area contributed by atoms with Gasteiger partial charge in [-0.25, -0.2) is 0 Å². The first-order valence-electron chi connectivity index (χ1n) is 7.82. The van der Waals surface area contributed by atoms with E-state index in [2.05, 4.69) is 32.3 Å². The zero-order valence-electron chi connectivity index (χ0n) is 13.6. The standard InChI is InChI=1S/C19H22N2O.ClH/c1-21(2)17-12-13-19(18(20)22,14-8-4-3-5-9-14)16-11-7-6-10-15(16)17;/h3-11,17H,12-13H2,1-2H3,(H2,20,22);1H. The number of hydrogen-bond donors (Lipinski definition) is 2. The number of nitrogens with one attached hydrogen (secondary N) is 1. The highest BCUT2D eigenvalue weighted by molar-refractivity contribution is 5.91. The lowest BCUT2D eigenvalue weighted by molar-refractivity contribution is -0.893. The molecule has 4 heteroatoms. The number of carbonyl (C=O) groups is 1.